The molecular formula is C17H20FN2O4+. The van der Waals surface area contributed by atoms with Gasteiger partial charge in [0.05, 0.1) is 7.11 Å². The van der Waals surface area contributed by atoms with E-state index in [1.165, 1.54) is 24.1 Å². The van der Waals surface area contributed by atoms with Crippen molar-refractivity contribution in [3.05, 3.63) is 35.6 Å². The third kappa shape index (κ3) is 2.15. The van der Waals surface area contributed by atoms with E-state index in [9.17, 15) is 18.8 Å². The van der Waals surface area contributed by atoms with Crippen LogP contribution in [-0.4, -0.2) is 41.9 Å². The van der Waals surface area contributed by atoms with Crippen LogP contribution in [0.2, 0.25) is 0 Å². The third-order valence-electron chi connectivity index (χ3n) is 5.18. The predicted molar refractivity (Wildman–Crippen MR) is 80.9 cm³/mol. The van der Waals surface area contributed by atoms with Crippen LogP contribution in [0, 0.1) is 17.7 Å². The molecule has 2 heterocycles. The highest BCUT2D eigenvalue weighted by Crippen LogP contribution is 2.44. The van der Waals surface area contributed by atoms with Crippen molar-refractivity contribution in [3.8, 4) is 0 Å². The second-order valence-corrected chi connectivity index (χ2v) is 6.45. The number of hydrogen-bond donors (Lipinski definition) is 1. The summed E-state index contributed by atoms with van der Waals surface area (Å²) in [5.74, 6) is -3.18. The van der Waals surface area contributed by atoms with E-state index >= 15 is 0 Å². The van der Waals surface area contributed by atoms with E-state index in [1.54, 1.807) is 31.3 Å². The van der Waals surface area contributed by atoms with Crippen molar-refractivity contribution in [2.24, 2.45) is 11.8 Å². The van der Waals surface area contributed by atoms with Crippen LogP contribution in [0.1, 0.15) is 25.5 Å². The first-order chi connectivity index (χ1) is 11.3. The summed E-state index contributed by atoms with van der Waals surface area (Å²) in [6.45, 7) is 3.57. The third-order valence-corrected chi connectivity index (χ3v) is 5.18. The van der Waals surface area contributed by atoms with Gasteiger partial charge in [-0.15, -0.1) is 0 Å². The van der Waals surface area contributed by atoms with Crippen molar-refractivity contribution < 1.29 is 28.8 Å². The fourth-order valence-corrected chi connectivity index (χ4v) is 4.07. The van der Waals surface area contributed by atoms with Crippen LogP contribution in [0.5, 0.6) is 0 Å². The van der Waals surface area contributed by atoms with E-state index in [1.807, 2.05) is 0 Å². The molecular weight excluding hydrogens is 315 g/mol. The molecule has 0 aliphatic carbocycles. The van der Waals surface area contributed by atoms with Crippen LogP contribution >= 0.6 is 0 Å². The molecule has 0 radical (unpaired) electrons. The number of carbonyl (C=O) groups excluding carboxylic acids is 3. The molecule has 2 saturated heterocycles. The van der Waals surface area contributed by atoms with Gasteiger partial charge in [-0.1, -0.05) is 12.1 Å². The van der Waals surface area contributed by atoms with E-state index in [0.29, 0.717) is 5.56 Å². The number of likely N-dealkylation sites (tertiary alicyclic amines) is 1. The molecule has 2 aliphatic rings. The lowest BCUT2D eigenvalue weighted by atomic mass is 9.80. The van der Waals surface area contributed by atoms with Crippen LogP contribution in [0.15, 0.2) is 24.3 Å². The molecule has 2 fully saturated rings. The minimum Gasteiger partial charge on any atom is -0.464 e. The Hall–Kier alpha value is -2.28. The summed E-state index contributed by atoms with van der Waals surface area (Å²) in [7, 11) is 1.25. The van der Waals surface area contributed by atoms with Gasteiger partial charge in [0, 0.05) is 19.0 Å². The Morgan fingerprint density at radius 2 is 2.08 bits per heavy atom. The number of imide groups is 1. The first kappa shape index (κ1) is 16.6. The Labute approximate surface area is 139 Å². The van der Waals surface area contributed by atoms with Gasteiger partial charge >= 0.3 is 5.97 Å². The average Bonchev–Trinajstić information content (AvgIpc) is 3.01. The molecule has 0 unspecified atom stereocenters. The maximum Gasteiger partial charge on any atom is 0.368 e. The fourth-order valence-electron chi connectivity index (χ4n) is 4.07. The van der Waals surface area contributed by atoms with Crippen LogP contribution in [0.4, 0.5) is 4.39 Å². The summed E-state index contributed by atoms with van der Waals surface area (Å²) in [4.78, 5) is 39.0. The Morgan fingerprint density at radius 1 is 1.38 bits per heavy atom. The normalized spacial score (nSPS) is 32.2. The lowest BCUT2D eigenvalue weighted by Crippen LogP contribution is -2.97. The molecule has 2 aliphatic heterocycles. The summed E-state index contributed by atoms with van der Waals surface area (Å²) >= 11 is 0. The van der Waals surface area contributed by atoms with Gasteiger partial charge in [-0.25, -0.2) is 9.18 Å². The number of benzene rings is 1. The Kier molecular flexibility index (Phi) is 3.91. The first-order valence-electron chi connectivity index (χ1n) is 7.90. The Morgan fingerprint density at radius 3 is 2.67 bits per heavy atom. The number of carbonyl (C=O) groups is 3. The highest BCUT2D eigenvalue weighted by Gasteiger charge is 2.70. The smallest absolute Gasteiger partial charge is 0.368 e. The van der Waals surface area contributed by atoms with E-state index in [0.717, 1.165) is 0 Å². The van der Waals surface area contributed by atoms with Crippen molar-refractivity contribution in [2.75, 3.05) is 13.7 Å². The van der Waals surface area contributed by atoms with E-state index in [4.69, 9.17) is 4.74 Å². The van der Waals surface area contributed by atoms with Crippen molar-refractivity contribution in [1.82, 2.24) is 4.90 Å². The Bertz CT molecular complexity index is 722. The first-order valence-corrected chi connectivity index (χ1v) is 7.90. The molecule has 0 bridgehead atoms. The number of ether oxygens (including phenoxy) is 1. The van der Waals surface area contributed by atoms with Gasteiger partial charge in [-0.05, 0) is 19.1 Å². The molecule has 4 atom stereocenters. The van der Waals surface area contributed by atoms with E-state index < -0.39 is 35.2 Å². The summed E-state index contributed by atoms with van der Waals surface area (Å²) in [6, 6.07) is 5.41. The zero-order chi connectivity index (χ0) is 17.6. The molecule has 0 aromatic heterocycles. The molecule has 0 spiro atoms. The number of amides is 2. The molecule has 0 saturated carbocycles. The van der Waals surface area contributed by atoms with Gasteiger partial charge in [0.15, 0.2) is 0 Å². The zero-order valence-corrected chi connectivity index (χ0v) is 13.8. The highest BCUT2D eigenvalue weighted by atomic mass is 19.1. The average molecular weight is 335 g/mol. The summed E-state index contributed by atoms with van der Waals surface area (Å²) in [6.07, 6.45) is 0. The topological polar surface area (TPSA) is 80.3 Å². The number of hydrogen-bond acceptors (Lipinski definition) is 4. The van der Waals surface area contributed by atoms with Gasteiger partial charge in [0.25, 0.3) is 0 Å². The molecule has 6 nitrogen and oxygen atoms in total. The van der Waals surface area contributed by atoms with Crippen molar-refractivity contribution >= 4 is 17.8 Å². The minimum absolute atomic E-state index is 0.248. The van der Waals surface area contributed by atoms with Crippen LogP contribution in [0.3, 0.4) is 0 Å². The molecule has 2 N–H and O–H groups in total. The summed E-state index contributed by atoms with van der Waals surface area (Å²) in [5, 5.41) is 1.67. The number of esters is 1. The zero-order valence-electron chi connectivity index (χ0n) is 13.8. The molecule has 3 rings (SSSR count). The summed E-state index contributed by atoms with van der Waals surface area (Å²) in [5.41, 5.74) is -0.635. The standard InChI is InChI=1S/C17H19FN2O4/c1-4-20-14(21)11-12(15(20)22)17(2,16(23)24-3)19-13(11)9-6-5-7-10(18)8-9/h5-8,11-13,19H,4H2,1-3H3/p+1/t11-,12+,13+,17-/m1/s1. The molecule has 7 heteroatoms. The van der Waals surface area contributed by atoms with Crippen molar-refractivity contribution in [2.45, 2.75) is 25.4 Å². The number of quaternary nitrogens is 1. The monoisotopic (exact) mass is 335 g/mol. The predicted octanol–water partition coefficient (Wildman–Crippen LogP) is -0.00340. The van der Waals surface area contributed by atoms with Crippen LogP contribution in [0.25, 0.3) is 0 Å². The van der Waals surface area contributed by atoms with Crippen molar-refractivity contribution in [1.29, 1.82) is 0 Å². The quantitative estimate of drug-likeness (QED) is 0.623. The number of fused-ring (bicyclic) bond motifs is 1. The fraction of sp³-hybridized carbons (Fsp3) is 0.471. The second-order valence-electron chi connectivity index (χ2n) is 6.45. The van der Waals surface area contributed by atoms with Gasteiger partial charge in [0.2, 0.25) is 17.4 Å². The molecule has 1 aromatic carbocycles. The molecule has 2 amide bonds. The minimum atomic E-state index is -1.22. The number of nitrogens with two attached hydrogens (primary N) is 1. The number of methoxy groups -OCH3 is 1. The van der Waals surface area contributed by atoms with Gasteiger partial charge in [-0.2, -0.15) is 0 Å². The number of halogens is 1. The number of nitrogens with zero attached hydrogens (tertiary/aromatic N) is 1. The van der Waals surface area contributed by atoms with Gasteiger partial charge in [0.1, 0.15) is 23.7 Å². The molecule has 1 aromatic rings. The number of rotatable bonds is 3. The maximum absolute atomic E-state index is 13.6. The SMILES string of the molecule is CCN1C(=O)[C@@H]2[C@@H](C1=O)[C@](C)(C(=O)OC)[NH2+][C@H]2c1cccc(F)c1. The van der Waals surface area contributed by atoms with Gasteiger partial charge in [-0.3, -0.25) is 14.5 Å². The molecule has 128 valence electrons. The highest BCUT2D eigenvalue weighted by molar-refractivity contribution is 6.08. The van der Waals surface area contributed by atoms with Crippen LogP contribution in [-0.2, 0) is 19.1 Å². The van der Waals surface area contributed by atoms with Crippen molar-refractivity contribution in [3.63, 3.8) is 0 Å². The Balaban J connectivity index is 2.11. The second kappa shape index (κ2) is 5.66. The lowest BCUT2D eigenvalue weighted by Gasteiger charge is -2.25. The van der Waals surface area contributed by atoms with Gasteiger partial charge < -0.3 is 10.1 Å². The summed E-state index contributed by atoms with van der Waals surface area (Å²) < 4.78 is 18.5. The lowest BCUT2D eigenvalue weighted by molar-refractivity contribution is -0.731. The molecule has 24 heavy (non-hydrogen) atoms. The van der Waals surface area contributed by atoms with E-state index in [2.05, 4.69) is 0 Å². The maximum atomic E-state index is 13.6. The van der Waals surface area contributed by atoms with E-state index in [-0.39, 0.29) is 18.4 Å². The largest absolute Gasteiger partial charge is 0.464 e. The van der Waals surface area contributed by atoms with Crippen LogP contribution < -0.4 is 5.32 Å².